The van der Waals surface area contributed by atoms with Crippen LogP contribution in [0.15, 0.2) is 18.2 Å². The van der Waals surface area contributed by atoms with Gasteiger partial charge in [0, 0.05) is 0 Å². The Morgan fingerprint density at radius 3 is 1.68 bits per heavy atom. The van der Waals surface area contributed by atoms with E-state index in [1.807, 2.05) is 0 Å². The zero-order chi connectivity index (χ0) is 14.8. The minimum atomic E-state index is -5.02. The summed E-state index contributed by atoms with van der Waals surface area (Å²) in [5.74, 6) is -1.46. The lowest BCUT2D eigenvalue weighted by Gasteiger charge is -2.13. The number of hydrogen-bond donors (Lipinski definition) is 0. The standard InChI is InChI=1S/C10H6F6O3/c1-18-19-8(17)5-2-6(9(11,12)13)4-7(3-5)10(14,15)16/h2-4H,1H3. The van der Waals surface area contributed by atoms with E-state index in [1.165, 1.54) is 0 Å². The summed E-state index contributed by atoms with van der Waals surface area (Å²) in [6, 6.07) is 0.400. The summed E-state index contributed by atoms with van der Waals surface area (Å²) in [7, 11) is 0.885. The lowest BCUT2D eigenvalue weighted by atomic mass is 10.0. The molecule has 0 spiro atoms. The van der Waals surface area contributed by atoms with Gasteiger partial charge in [-0.1, -0.05) is 0 Å². The highest BCUT2D eigenvalue weighted by Crippen LogP contribution is 2.36. The van der Waals surface area contributed by atoms with Gasteiger partial charge in [0.15, 0.2) is 0 Å². The van der Waals surface area contributed by atoms with Crippen LogP contribution in [-0.4, -0.2) is 13.1 Å². The lowest BCUT2D eigenvalue weighted by molar-refractivity contribution is -0.216. The van der Waals surface area contributed by atoms with Crippen molar-refractivity contribution in [2.45, 2.75) is 12.4 Å². The van der Waals surface area contributed by atoms with Crippen molar-refractivity contribution in [3.8, 4) is 0 Å². The van der Waals surface area contributed by atoms with Crippen molar-refractivity contribution in [2.24, 2.45) is 0 Å². The first-order chi connectivity index (χ1) is 8.55. The second-order valence-corrected chi connectivity index (χ2v) is 3.33. The van der Waals surface area contributed by atoms with E-state index in [0.717, 1.165) is 7.11 Å². The Bertz CT molecular complexity index is 445. The van der Waals surface area contributed by atoms with Crippen molar-refractivity contribution in [2.75, 3.05) is 7.11 Å². The molecule has 9 heteroatoms. The third-order valence-electron chi connectivity index (χ3n) is 1.98. The monoisotopic (exact) mass is 288 g/mol. The fraction of sp³-hybridized carbons (Fsp3) is 0.300. The summed E-state index contributed by atoms with van der Waals surface area (Å²) in [5, 5.41) is 0. The Morgan fingerprint density at radius 1 is 0.947 bits per heavy atom. The Kier molecular flexibility index (Phi) is 4.09. The number of alkyl halides is 6. The molecular formula is C10H6F6O3. The molecular weight excluding hydrogens is 282 g/mol. The fourth-order valence-corrected chi connectivity index (χ4v) is 1.20. The molecule has 0 aliphatic heterocycles. The SMILES string of the molecule is COOC(=O)c1cc(C(F)(F)F)cc(C(F)(F)F)c1. The minimum Gasteiger partial charge on any atom is -0.293 e. The van der Waals surface area contributed by atoms with Crippen LogP contribution in [0.25, 0.3) is 0 Å². The molecule has 19 heavy (non-hydrogen) atoms. The van der Waals surface area contributed by atoms with Crippen molar-refractivity contribution >= 4 is 5.97 Å². The predicted octanol–water partition coefficient (Wildman–Crippen LogP) is 3.44. The molecule has 0 amide bonds. The molecule has 0 heterocycles. The van der Waals surface area contributed by atoms with E-state index in [1.54, 1.807) is 0 Å². The van der Waals surface area contributed by atoms with Crippen LogP contribution >= 0.6 is 0 Å². The molecule has 106 valence electrons. The molecule has 0 radical (unpaired) electrons. The van der Waals surface area contributed by atoms with Gasteiger partial charge < -0.3 is 0 Å². The highest BCUT2D eigenvalue weighted by Gasteiger charge is 2.37. The molecule has 0 fully saturated rings. The number of hydrogen-bond acceptors (Lipinski definition) is 3. The smallest absolute Gasteiger partial charge is 0.293 e. The van der Waals surface area contributed by atoms with E-state index in [4.69, 9.17) is 0 Å². The second kappa shape index (κ2) is 5.08. The molecule has 0 saturated heterocycles. The summed E-state index contributed by atoms with van der Waals surface area (Å²) >= 11 is 0. The van der Waals surface area contributed by atoms with Gasteiger partial charge in [0.2, 0.25) is 0 Å². The molecule has 0 N–H and O–H groups in total. The van der Waals surface area contributed by atoms with E-state index in [2.05, 4.69) is 9.78 Å². The van der Waals surface area contributed by atoms with Crippen molar-refractivity contribution in [1.82, 2.24) is 0 Å². The molecule has 0 aliphatic carbocycles. The van der Waals surface area contributed by atoms with Gasteiger partial charge in [-0.15, -0.1) is 0 Å². The zero-order valence-corrected chi connectivity index (χ0v) is 9.22. The van der Waals surface area contributed by atoms with E-state index in [9.17, 15) is 31.1 Å². The number of carbonyl (C=O) groups is 1. The minimum absolute atomic E-state index is 0.0937. The van der Waals surface area contributed by atoms with Gasteiger partial charge in [0.05, 0.1) is 23.8 Å². The van der Waals surface area contributed by atoms with Crippen LogP contribution in [0.4, 0.5) is 26.3 Å². The quantitative estimate of drug-likeness (QED) is 0.475. The molecule has 0 atom stereocenters. The second-order valence-electron chi connectivity index (χ2n) is 3.33. The highest BCUT2D eigenvalue weighted by atomic mass is 19.4. The van der Waals surface area contributed by atoms with E-state index in [0.29, 0.717) is 0 Å². The third-order valence-corrected chi connectivity index (χ3v) is 1.98. The molecule has 0 bridgehead atoms. The summed E-state index contributed by atoms with van der Waals surface area (Å²) in [6.07, 6.45) is -10.0. The molecule has 0 unspecified atom stereocenters. The fourth-order valence-electron chi connectivity index (χ4n) is 1.20. The predicted molar refractivity (Wildman–Crippen MR) is 48.9 cm³/mol. The summed E-state index contributed by atoms with van der Waals surface area (Å²) < 4.78 is 74.6. The topological polar surface area (TPSA) is 35.5 Å². The Hall–Kier alpha value is -1.77. The molecule has 1 rings (SSSR count). The maximum atomic E-state index is 12.4. The van der Waals surface area contributed by atoms with E-state index in [-0.39, 0.29) is 18.2 Å². The van der Waals surface area contributed by atoms with Gasteiger partial charge in [-0.05, 0) is 18.2 Å². The third kappa shape index (κ3) is 3.85. The number of carbonyl (C=O) groups excluding carboxylic acids is 1. The van der Waals surface area contributed by atoms with Gasteiger partial charge >= 0.3 is 18.3 Å². The van der Waals surface area contributed by atoms with E-state index < -0.39 is 35.0 Å². The first kappa shape index (κ1) is 15.3. The molecule has 3 nitrogen and oxygen atoms in total. The van der Waals surface area contributed by atoms with Crippen molar-refractivity contribution < 1.29 is 40.9 Å². The van der Waals surface area contributed by atoms with Crippen LogP contribution in [0.5, 0.6) is 0 Å². The number of halogens is 6. The highest BCUT2D eigenvalue weighted by molar-refractivity contribution is 5.89. The molecule has 0 aliphatic rings. The van der Waals surface area contributed by atoms with Crippen LogP contribution in [-0.2, 0) is 22.1 Å². The molecule has 0 aromatic heterocycles. The maximum absolute atomic E-state index is 12.4. The summed E-state index contributed by atoms with van der Waals surface area (Å²) in [6.45, 7) is 0. The molecule has 0 saturated carbocycles. The van der Waals surface area contributed by atoms with Crippen LogP contribution in [0.2, 0.25) is 0 Å². The van der Waals surface area contributed by atoms with Crippen molar-refractivity contribution in [1.29, 1.82) is 0 Å². The Morgan fingerprint density at radius 2 is 1.37 bits per heavy atom. The van der Waals surface area contributed by atoms with Crippen molar-refractivity contribution in [3.63, 3.8) is 0 Å². The van der Waals surface area contributed by atoms with Crippen molar-refractivity contribution in [3.05, 3.63) is 34.9 Å². The van der Waals surface area contributed by atoms with Crippen LogP contribution < -0.4 is 0 Å². The van der Waals surface area contributed by atoms with Gasteiger partial charge in [-0.2, -0.15) is 31.2 Å². The van der Waals surface area contributed by atoms with Gasteiger partial charge in [-0.25, -0.2) is 4.79 Å². The first-order valence-electron chi connectivity index (χ1n) is 4.60. The van der Waals surface area contributed by atoms with Gasteiger partial charge in [0.1, 0.15) is 0 Å². The van der Waals surface area contributed by atoms with Crippen LogP contribution in [0.3, 0.4) is 0 Å². The normalized spacial score (nSPS) is 12.4. The molecule has 1 aromatic carbocycles. The van der Waals surface area contributed by atoms with Gasteiger partial charge in [-0.3, -0.25) is 4.89 Å². The first-order valence-corrected chi connectivity index (χ1v) is 4.60. The zero-order valence-electron chi connectivity index (χ0n) is 9.22. The lowest BCUT2D eigenvalue weighted by Crippen LogP contribution is -2.14. The van der Waals surface area contributed by atoms with Crippen LogP contribution in [0, 0.1) is 0 Å². The number of benzene rings is 1. The average Bonchev–Trinajstić information content (AvgIpc) is 2.26. The van der Waals surface area contributed by atoms with Crippen LogP contribution in [0.1, 0.15) is 21.5 Å². The number of rotatable bonds is 2. The Labute approximate surface area is 102 Å². The van der Waals surface area contributed by atoms with E-state index >= 15 is 0 Å². The largest absolute Gasteiger partial charge is 0.416 e. The maximum Gasteiger partial charge on any atom is 0.416 e. The average molecular weight is 288 g/mol. The Balaban J connectivity index is 3.37. The summed E-state index contributed by atoms with van der Waals surface area (Å²) in [4.78, 5) is 18.9. The van der Waals surface area contributed by atoms with Gasteiger partial charge in [0.25, 0.3) is 0 Å². The molecule has 1 aromatic rings. The summed E-state index contributed by atoms with van der Waals surface area (Å²) in [5.41, 5.74) is -4.13.